The Morgan fingerprint density at radius 1 is 1.29 bits per heavy atom. The minimum absolute atomic E-state index is 0.0135. The van der Waals surface area contributed by atoms with Gasteiger partial charge < -0.3 is 10.2 Å². The second kappa shape index (κ2) is 6.30. The summed E-state index contributed by atoms with van der Waals surface area (Å²) >= 11 is 0. The van der Waals surface area contributed by atoms with Crippen LogP contribution in [0.3, 0.4) is 0 Å². The number of benzene rings is 1. The Labute approximate surface area is 124 Å². The molecule has 1 aromatic carbocycles. The molecule has 1 heterocycles. The highest BCUT2D eigenvalue weighted by atomic mass is 32.2. The first-order chi connectivity index (χ1) is 9.91. The zero-order valence-electron chi connectivity index (χ0n) is 11.9. The molecule has 0 radical (unpaired) electrons. The van der Waals surface area contributed by atoms with Gasteiger partial charge in [-0.05, 0) is 12.5 Å². The summed E-state index contributed by atoms with van der Waals surface area (Å²) in [6.45, 7) is 3.49. The molecule has 1 N–H and O–H groups in total. The third-order valence-corrected chi connectivity index (χ3v) is 5.01. The van der Waals surface area contributed by atoms with Crippen molar-refractivity contribution in [2.45, 2.75) is 13.3 Å². The maximum Gasteiger partial charge on any atom is 0.273 e. The molecule has 8 heteroatoms. The lowest BCUT2D eigenvalue weighted by molar-refractivity contribution is -0.384. The van der Waals surface area contributed by atoms with Gasteiger partial charge in [0.2, 0.25) is 0 Å². The van der Waals surface area contributed by atoms with E-state index >= 15 is 0 Å². The Bertz CT molecular complexity index is 616. The fourth-order valence-corrected chi connectivity index (χ4v) is 3.43. The molecule has 0 unspecified atom stereocenters. The fourth-order valence-electron chi connectivity index (χ4n) is 2.23. The summed E-state index contributed by atoms with van der Waals surface area (Å²) < 4.78 is 22.9. The van der Waals surface area contributed by atoms with Crippen molar-refractivity contribution in [3.63, 3.8) is 0 Å². The molecule has 0 bridgehead atoms. The van der Waals surface area contributed by atoms with Crippen LogP contribution in [-0.2, 0) is 9.84 Å². The molecule has 0 amide bonds. The van der Waals surface area contributed by atoms with E-state index in [-0.39, 0.29) is 17.2 Å². The monoisotopic (exact) mass is 313 g/mol. The number of anilines is 2. The predicted octanol–water partition coefficient (Wildman–Crippen LogP) is 1.65. The van der Waals surface area contributed by atoms with Gasteiger partial charge in [-0.25, -0.2) is 8.42 Å². The molecule has 1 aliphatic rings. The Balaban J connectivity index is 2.25. The summed E-state index contributed by atoms with van der Waals surface area (Å²) in [5, 5.41) is 14.2. The molecule has 0 aliphatic carbocycles. The first kappa shape index (κ1) is 15.6. The van der Waals surface area contributed by atoms with Crippen molar-refractivity contribution in [3.05, 3.63) is 28.3 Å². The average molecular weight is 313 g/mol. The third kappa shape index (κ3) is 4.07. The summed E-state index contributed by atoms with van der Waals surface area (Å²) in [5.41, 5.74) is 1.40. The number of hydrogen-bond donors (Lipinski definition) is 1. The fraction of sp³-hybridized carbons (Fsp3) is 0.538. The lowest BCUT2D eigenvalue weighted by atomic mass is 10.2. The molecule has 0 saturated carbocycles. The van der Waals surface area contributed by atoms with Crippen LogP contribution < -0.4 is 10.2 Å². The van der Waals surface area contributed by atoms with E-state index in [2.05, 4.69) is 5.32 Å². The molecule has 0 spiro atoms. The lowest BCUT2D eigenvalue weighted by Crippen LogP contribution is -2.40. The van der Waals surface area contributed by atoms with Crippen molar-refractivity contribution in [3.8, 4) is 0 Å². The van der Waals surface area contributed by atoms with E-state index < -0.39 is 14.8 Å². The van der Waals surface area contributed by atoms with E-state index in [0.29, 0.717) is 24.5 Å². The number of nitro groups is 1. The normalized spacial score (nSPS) is 17.5. The molecule has 116 valence electrons. The van der Waals surface area contributed by atoms with Crippen LogP contribution in [0.2, 0.25) is 0 Å². The Kier molecular flexibility index (Phi) is 4.66. The van der Waals surface area contributed by atoms with Crippen molar-refractivity contribution in [1.29, 1.82) is 0 Å². The van der Waals surface area contributed by atoms with Gasteiger partial charge in [-0.3, -0.25) is 10.1 Å². The van der Waals surface area contributed by atoms with Crippen LogP contribution in [0.1, 0.15) is 13.3 Å². The zero-order valence-corrected chi connectivity index (χ0v) is 12.7. The number of sulfone groups is 1. The average Bonchev–Trinajstić information content (AvgIpc) is 2.44. The molecule has 7 nitrogen and oxygen atoms in total. The second-order valence-corrected chi connectivity index (χ2v) is 7.36. The molecular weight excluding hydrogens is 294 g/mol. The number of non-ortho nitro benzene ring substituents is 1. The summed E-state index contributed by atoms with van der Waals surface area (Å²) in [6, 6.07) is 4.83. The molecular formula is C13H19N3O4S. The van der Waals surface area contributed by atoms with Crippen LogP contribution in [0.4, 0.5) is 17.1 Å². The highest BCUT2D eigenvalue weighted by Gasteiger charge is 2.23. The summed E-state index contributed by atoms with van der Waals surface area (Å²) in [5.74, 6) is 0.181. The maximum absolute atomic E-state index is 11.5. The van der Waals surface area contributed by atoms with Crippen molar-refractivity contribution in [2.24, 2.45) is 0 Å². The SMILES string of the molecule is CCCNc1cc(N2CCS(=O)(=O)CC2)cc([N+](=O)[O-])c1. The third-order valence-electron chi connectivity index (χ3n) is 3.40. The van der Waals surface area contributed by atoms with Crippen LogP contribution in [0.5, 0.6) is 0 Å². The maximum atomic E-state index is 11.5. The first-order valence-electron chi connectivity index (χ1n) is 6.90. The van der Waals surface area contributed by atoms with Gasteiger partial charge in [0.1, 0.15) is 0 Å². The van der Waals surface area contributed by atoms with E-state index in [1.165, 1.54) is 12.1 Å². The van der Waals surface area contributed by atoms with Gasteiger partial charge in [0.25, 0.3) is 5.69 Å². The van der Waals surface area contributed by atoms with E-state index in [9.17, 15) is 18.5 Å². The van der Waals surface area contributed by atoms with Crippen LogP contribution in [0, 0.1) is 10.1 Å². The molecule has 1 fully saturated rings. The van der Waals surface area contributed by atoms with Crippen LogP contribution in [0.15, 0.2) is 18.2 Å². The molecule has 2 rings (SSSR count). The Morgan fingerprint density at radius 3 is 2.52 bits per heavy atom. The van der Waals surface area contributed by atoms with Crippen molar-refractivity contribution >= 4 is 26.9 Å². The van der Waals surface area contributed by atoms with Crippen molar-refractivity contribution < 1.29 is 13.3 Å². The molecule has 21 heavy (non-hydrogen) atoms. The minimum atomic E-state index is -2.97. The summed E-state index contributed by atoms with van der Waals surface area (Å²) in [7, 11) is -2.97. The lowest BCUT2D eigenvalue weighted by Gasteiger charge is -2.29. The van der Waals surface area contributed by atoms with Crippen molar-refractivity contribution in [1.82, 2.24) is 0 Å². The van der Waals surface area contributed by atoms with Gasteiger partial charge in [0, 0.05) is 43.1 Å². The number of rotatable bonds is 5. The van der Waals surface area contributed by atoms with Gasteiger partial charge in [-0.1, -0.05) is 6.92 Å². The van der Waals surface area contributed by atoms with Gasteiger partial charge >= 0.3 is 0 Å². The second-order valence-electron chi connectivity index (χ2n) is 5.06. The van der Waals surface area contributed by atoms with E-state index in [1.807, 2.05) is 17.9 Å². The van der Waals surface area contributed by atoms with Gasteiger partial charge in [-0.15, -0.1) is 0 Å². The Morgan fingerprint density at radius 2 is 1.95 bits per heavy atom. The van der Waals surface area contributed by atoms with E-state index in [1.54, 1.807) is 0 Å². The van der Waals surface area contributed by atoms with E-state index in [4.69, 9.17) is 0 Å². The number of nitrogens with zero attached hydrogens (tertiary/aromatic N) is 2. The number of hydrogen-bond acceptors (Lipinski definition) is 6. The van der Waals surface area contributed by atoms with Gasteiger partial charge in [-0.2, -0.15) is 0 Å². The van der Waals surface area contributed by atoms with Crippen LogP contribution >= 0.6 is 0 Å². The predicted molar refractivity (Wildman–Crippen MR) is 82.7 cm³/mol. The molecule has 1 aliphatic heterocycles. The minimum Gasteiger partial charge on any atom is -0.385 e. The summed E-state index contributed by atoms with van der Waals surface area (Å²) in [6.07, 6.45) is 0.917. The van der Waals surface area contributed by atoms with Gasteiger partial charge in [0.05, 0.1) is 16.4 Å². The standard InChI is InChI=1S/C13H19N3O4S/c1-2-3-14-11-8-12(10-13(9-11)16(17)18)15-4-6-21(19,20)7-5-15/h8-10,14H,2-7H2,1H3. The smallest absolute Gasteiger partial charge is 0.273 e. The highest BCUT2D eigenvalue weighted by molar-refractivity contribution is 7.91. The quantitative estimate of drug-likeness (QED) is 0.656. The molecule has 1 saturated heterocycles. The Hall–Kier alpha value is -1.83. The topological polar surface area (TPSA) is 92.6 Å². The summed E-state index contributed by atoms with van der Waals surface area (Å²) in [4.78, 5) is 12.5. The molecule has 0 atom stereocenters. The largest absolute Gasteiger partial charge is 0.385 e. The highest BCUT2D eigenvalue weighted by Crippen LogP contribution is 2.28. The van der Waals surface area contributed by atoms with Crippen molar-refractivity contribution in [2.75, 3.05) is 41.4 Å². The van der Waals surface area contributed by atoms with Gasteiger partial charge in [0.15, 0.2) is 9.84 Å². The van der Waals surface area contributed by atoms with E-state index in [0.717, 1.165) is 13.0 Å². The number of nitrogens with one attached hydrogen (secondary N) is 1. The zero-order chi connectivity index (χ0) is 15.5. The number of nitro benzene ring substituents is 1. The first-order valence-corrected chi connectivity index (χ1v) is 8.72. The molecule has 0 aromatic heterocycles. The molecule has 1 aromatic rings. The van der Waals surface area contributed by atoms with Crippen LogP contribution in [0.25, 0.3) is 0 Å². The van der Waals surface area contributed by atoms with Crippen LogP contribution in [-0.4, -0.2) is 44.5 Å².